The lowest BCUT2D eigenvalue weighted by Gasteiger charge is -2.23. The van der Waals surface area contributed by atoms with Crippen LogP contribution in [-0.2, 0) is 11.0 Å². The number of nitrogens with one attached hydrogen (secondary N) is 1. The van der Waals surface area contributed by atoms with Crippen molar-refractivity contribution in [2.45, 2.75) is 6.18 Å². The van der Waals surface area contributed by atoms with Crippen molar-refractivity contribution < 1.29 is 22.7 Å². The number of rotatable bonds is 6. The number of hydrogen-bond donors (Lipinski definition) is 1. The van der Waals surface area contributed by atoms with Crippen LogP contribution in [0.1, 0.15) is 11.3 Å². The number of carbonyl (C=O) groups excluding carboxylic acids is 1. The summed E-state index contributed by atoms with van der Waals surface area (Å²) in [5, 5.41) is 10.6. The van der Waals surface area contributed by atoms with Gasteiger partial charge in [-0.1, -0.05) is 6.07 Å². The van der Waals surface area contributed by atoms with Crippen LogP contribution in [0.25, 0.3) is 10.9 Å². The summed E-state index contributed by atoms with van der Waals surface area (Å²) in [5.41, 5.74) is 2.20. The molecule has 0 aliphatic heterocycles. The third-order valence-corrected chi connectivity index (χ3v) is 4.59. The summed E-state index contributed by atoms with van der Waals surface area (Å²) in [4.78, 5) is 19.7. The van der Waals surface area contributed by atoms with E-state index in [1.807, 2.05) is 6.07 Å². The molecule has 33 heavy (non-hydrogen) atoms. The maximum absolute atomic E-state index is 13.8. The van der Waals surface area contributed by atoms with Gasteiger partial charge in [-0.15, -0.1) is 0 Å². The lowest BCUT2D eigenvalue weighted by molar-refractivity contribution is -0.137. The summed E-state index contributed by atoms with van der Waals surface area (Å²) in [5.74, 6) is 0.0621. The fourth-order valence-electron chi connectivity index (χ4n) is 3.09. The number of nitrogens with zero attached hydrogens (tertiary/aromatic N) is 4. The number of aromatic nitrogens is 2. The molecule has 4 rings (SSSR count). The number of amides is 1. The first kappa shape index (κ1) is 21.6. The number of anilines is 2. The zero-order chi connectivity index (χ0) is 23.4. The number of pyridine rings is 2. The van der Waals surface area contributed by atoms with Gasteiger partial charge < -0.3 is 4.74 Å². The average molecular weight is 449 g/mol. The molecule has 0 unspecified atom stereocenters. The molecule has 1 amide bonds. The lowest BCUT2D eigenvalue weighted by atomic mass is 10.1. The zero-order valence-electron chi connectivity index (χ0n) is 16.7. The zero-order valence-corrected chi connectivity index (χ0v) is 16.7. The van der Waals surface area contributed by atoms with Crippen LogP contribution in [0.2, 0.25) is 0 Å². The standard InChI is InChI=1S/C23H14F3N5O2/c24-23(25,26)20-12-18(33-19-7-9-28-16(11-19)13-27)4-6-22(20)30-31(14-32)17-3-5-21-15(10-17)2-1-8-29-21/h1-12,14,30H. The maximum Gasteiger partial charge on any atom is 0.418 e. The van der Waals surface area contributed by atoms with Crippen molar-refractivity contribution in [3.8, 4) is 17.6 Å². The molecular formula is C23H14F3N5O2. The molecule has 0 bridgehead atoms. The second kappa shape index (κ2) is 8.84. The molecular weight excluding hydrogens is 435 g/mol. The highest BCUT2D eigenvalue weighted by molar-refractivity contribution is 5.87. The minimum Gasteiger partial charge on any atom is -0.457 e. The summed E-state index contributed by atoms with van der Waals surface area (Å²) in [6.45, 7) is 0. The molecule has 1 N–H and O–H groups in total. The molecule has 0 saturated heterocycles. The van der Waals surface area contributed by atoms with Crippen LogP contribution in [0.4, 0.5) is 24.5 Å². The lowest BCUT2D eigenvalue weighted by Crippen LogP contribution is -2.29. The molecule has 0 fully saturated rings. The molecule has 0 atom stereocenters. The molecule has 0 radical (unpaired) electrons. The van der Waals surface area contributed by atoms with Crippen molar-refractivity contribution in [3.05, 3.63) is 84.3 Å². The molecule has 0 aliphatic rings. The van der Waals surface area contributed by atoms with Crippen LogP contribution in [0.3, 0.4) is 0 Å². The van der Waals surface area contributed by atoms with E-state index in [0.717, 1.165) is 22.5 Å². The maximum atomic E-state index is 13.8. The third-order valence-electron chi connectivity index (χ3n) is 4.59. The Morgan fingerprint density at radius 2 is 1.82 bits per heavy atom. The van der Waals surface area contributed by atoms with Crippen LogP contribution >= 0.6 is 0 Å². The number of fused-ring (bicyclic) bond motifs is 1. The van der Waals surface area contributed by atoms with Gasteiger partial charge in [0.2, 0.25) is 6.41 Å². The minimum atomic E-state index is -4.74. The van der Waals surface area contributed by atoms with Gasteiger partial charge in [0.1, 0.15) is 23.3 Å². The van der Waals surface area contributed by atoms with Crippen LogP contribution in [0.5, 0.6) is 11.5 Å². The number of alkyl halides is 3. The first-order valence-corrected chi connectivity index (χ1v) is 9.48. The highest BCUT2D eigenvalue weighted by Crippen LogP contribution is 2.38. The summed E-state index contributed by atoms with van der Waals surface area (Å²) < 4.78 is 46.8. The Morgan fingerprint density at radius 3 is 2.58 bits per heavy atom. The number of benzene rings is 2. The van der Waals surface area contributed by atoms with E-state index in [-0.39, 0.29) is 22.9 Å². The first-order valence-electron chi connectivity index (χ1n) is 9.48. The quantitative estimate of drug-likeness (QED) is 0.317. The van der Waals surface area contributed by atoms with Crippen molar-refractivity contribution in [2.24, 2.45) is 0 Å². The molecule has 2 heterocycles. The predicted molar refractivity (Wildman–Crippen MR) is 114 cm³/mol. The Hall–Kier alpha value is -4.65. The summed E-state index contributed by atoms with van der Waals surface area (Å²) in [6, 6.07) is 16.2. The molecule has 164 valence electrons. The van der Waals surface area contributed by atoms with Crippen molar-refractivity contribution in [3.63, 3.8) is 0 Å². The van der Waals surface area contributed by atoms with Gasteiger partial charge in [-0.05, 0) is 48.5 Å². The third kappa shape index (κ3) is 4.83. The number of nitriles is 1. The summed E-state index contributed by atoms with van der Waals surface area (Å²) >= 11 is 0. The van der Waals surface area contributed by atoms with E-state index in [1.165, 1.54) is 24.4 Å². The smallest absolute Gasteiger partial charge is 0.418 e. The van der Waals surface area contributed by atoms with Crippen LogP contribution in [0, 0.1) is 11.3 Å². The largest absolute Gasteiger partial charge is 0.457 e. The number of carbonyl (C=O) groups is 1. The van der Waals surface area contributed by atoms with Gasteiger partial charge in [-0.3, -0.25) is 15.2 Å². The highest BCUT2D eigenvalue weighted by Gasteiger charge is 2.34. The first-order chi connectivity index (χ1) is 15.9. The van der Waals surface area contributed by atoms with Gasteiger partial charge >= 0.3 is 6.18 Å². The SMILES string of the molecule is N#Cc1cc(Oc2ccc(NN(C=O)c3ccc4ncccc4c3)c(C(F)(F)F)c2)ccn1. The topological polar surface area (TPSA) is 91.1 Å². The van der Waals surface area contributed by atoms with Gasteiger partial charge in [0.05, 0.1) is 22.5 Å². The van der Waals surface area contributed by atoms with Gasteiger partial charge in [-0.25, -0.2) is 9.99 Å². The molecule has 7 nitrogen and oxygen atoms in total. The Labute approximate surface area is 185 Å². The molecule has 2 aromatic carbocycles. The fourth-order valence-corrected chi connectivity index (χ4v) is 3.09. The van der Waals surface area contributed by atoms with E-state index < -0.39 is 11.7 Å². The number of hydrazine groups is 1. The molecule has 0 saturated carbocycles. The van der Waals surface area contributed by atoms with E-state index in [0.29, 0.717) is 17.6 Å². The van der Waals surface area contributed by atoms with Crippen molar-refractivity contribution in [1.29, 1.82) is 5.26 Å². The second-order valence-electron chi connectivity index (χ2n) is 6.76. The minimum absolute atomic E-state index is 0.0639. The van der Waals surface area contributed by atoms with Gasteiger partial charge in [0.25, 0.3) is 0 Å². The van der Waals surface area contributed by atoms with Crippen molar-refractivity contribution in [1.82, 2.24) is 9.97 Å². The van der Waals surface area contributed by atoms with Crippen LogP contribution in [-0.4, -0.2) is 16.4 Å². The predicted octanol–water partition coefficient (Wildman–Crippen LogP) is 5.30. The molecule has 0 aliphatic carbocycles. The molecule has 2 aromatic heterocycles. The van der Waals surface area contributed by atoms with Gasteiger partial charge in [-0.2, -0.15) is 18.4 Å². The Kier molecular flexibility index (Phi) is 5.78. The molecule has 4 aromatic rings. The van der Waals surface area contributed by atoms with Crippen molar-refractivity contribution >= 4 is 28.7 Å². The van der Waals surface area contributed by atoms with E-state index in [9.17, 15) is 18.0 Å². The molecule has 10 heteroatoms. The monoisotopic (exact) mass is 449 g/mol. The molecule has 0 spiro atoms. The Bertz CT molecular complexity index is 1370. The van der Waals surface area contributed by atoms with Gasteiger partial charge in [0.15, 0.2) is 0 Å². The van der Waals surface area contributed by atoms with Crippen LogP contribution < -0.4 is 15.2 Å². The fraction of sp³-hybridized carbons (Fsp3) is 0.0435. The Morgan fingerprint density at radius 1 is 1.00 bits per heavy atom. The van der Waals surface area contributed by atoms with Crippen LogP contribution in [0.15, 0.2) is 73.1 Å². The van der Waals surface area contributed by atoms with Crippen molar-refractivity contribution in [2.75, 3.05) is 10.4 Å². The van der Waals surface area contributed by atoms with E-state index >= 15 is 0 Å². The highest BCUT2D eigenvalue weighted by atomic mass is 19.4. The van der Waals surface area contributed by atoms with E-state index in [1.54, 1.807) is 36.5 Å². The summed E-state index contributed by atoms with van der Waals surface area (Å²) in [7, 11) is 0. The Balaban J connectivity index is 1.65. The average Bonchev–Trinajstić information content (AvgIpc) is 2.82. The number of ether oxygens (including phenoxy) is 1. The number of hydrogen-bond acceptors (Lipinski definition) is 6. The summed E-state index contributed by atoms with van der Waals surface area (Å²) in [6.07, 6.45) is -1.43. The van der Waals surface area contributed by atoms with E-state index in [2.05, 4.69) is 15.4 Å². The second-order valence-corrected chi connectivity index (χ2v) is 6.76. The number of halogens is 3. The van der Waals surface area contributed by atoms with Gasteiger partial charge in [0, 0.05) is 23.8 Å². The van der Waals surface area contributed by atoms with E-state index in [4.69, 9.17) is 10.00 Å². The normalized spacial score (nSPS) is 11.0.